The van der Waals surface area contributed by atoms with Crippen molar-refractivity contribution in [3.8, 4) is 0 Å². The van der Waals surface area contributed by atoms with Crippen LogP contribution in [0.25, 0.3) is 10.8 Å². The van der Waals surface area contributed by atoms with Crippen LogP contribution in [0.4, 0.5) is 0 Å². The number of nitrogens with zero attached hydrogens (tertiary/aromatic N) is 2. The van der Waals surface area contributed by atoms with Crippen LogP contribution in [0.3, 0.4) is 0 Å². The molecule has 1 aromatic carbocycles. The molecule has 0 aliphatic heterocycles. The molecule has 0 spiro atoms. The summed E-state index contributed by atoms with van der Waals surface area (Å²) in [5.74, 6) is -0.0243. The van der Waals surface area contributed by atoms with E-state index in [2.05, 4.69) is 24.7 Å². The number of ether oxygens (including phenoxy) is 1. The largest absolute Gasteiger partial charge is 0.396 e. The fourth-order valence-corrected chi connectivity index (χ4v) is 3.14. The Hall–Kier alpha value is -1.50. The average molecular weight is 334 g/mol. The van der Waals surface area contributed by atoms with Gasteiger partial charge < -0.3 is 9.84 Å². The van der Waals surface area contributed by atoms with Crippen LogP contribution < -0.4 is 5.56 Å². The number of aliphatic hydroxyl groups excluding tert-OH is 1. The predicted molar refractivity (Wildman–Crippen MR) is 95.6 cm³/mol. The Bertz CT molecular complexity index is 722. The molecule has 0 saturated carbocycles. The Morgan fingerprint density at radius 1 is 1.30 bits per heavy atom. The third-order valence-corrected chi connectivity index (χ3v) is 5.65. The van der Waals surface area contributed by atoms with Crippen LogP contribution in [0.15, 0.2) is 29.2 Å². The summed E-state index contributed by atoms with van der Waals surface area (Å²) >= 11 is 0. The summed E-state index contributed by atoms with van der Waals surface area (Å²) in [6, 6.07) is 6.64. The first kappa shape index (κ1) is 17.8. The molecule has 0 radical (unpaired) electrons. The molecule has 6 heteroatoms. The Morgan fingerprint density at radius 3 is 2.70 bits per heavy atom. The van der Waals surface area contributed by atoms with Crippen LogP contribution in [0.1, 0.15) is 18.4 Å². The van der Waals surface area contributed by atoms with Gasteiger partial charge in [-0.05, 0) is 17.7 Å². The highest BCUT2D eigenvalue weighted by atomic mass is 28.3. The van der Waals surface area contributed by atoms with Gasteiger partial charge in [0.1, 0.15) is 6.73 Å². The maximum Gasteiger partial charge on any atom is 0.276 e. The molecule has 0 amide bonds. The number of aromatic nitrogens is 2. The van der Waals surface area contributed by atoms with Gasteiger partial charge in [-0.1, -0.05) is 38.7 Å². The summed E-state index contributed by atoms with van der Waals surface area (Å²) in [6.07, 6.45) is 1.69. The lowest BCUT2D eigenvalue weighted by atomic mass is 9.97. The Morgan fingerprint density at radius 2 is 2.04 bits per heavy atom. The number of aliphatic hydroxyl groups is 1. The lowest BCUT2D eigenvalue weighted by Gasteiger charge is -2.16. The highest BCUT2D eigenvalue weighted by molar-refractivity contribution is 6.76. The van der Waals surface area contributed by atoms with E-state index in [0.717, 1.165) is 17.0 Å². The van der Waals surface area contributed by atoms with E-state index in [1.807, 2.05) is 19.1 Å². The van der Waals surface area contributed by atoms with Crippen molar-refractivity contribution in [2.45, 2.75) is 45.3 Å². The molecule has 1 aromatic heterocycles. The normalized spacial score (nSPS) is 13.4. The van der Waals surface area contributed by atoms with E-state index in [0.29, 0.717) is 12.0 Å². The van der Waals surface area contributed by atoms with E-state index >= 15 is 0 Å². The molecule has 5 nitrogen and oxygen atoms in total. The molecule has 2 aromatic rings. The molecule has 0 bridgehead atoms. The average Bonchev–Trinajstić information content (AvgIpc) is 2.51. The van der Waals surface area contributed by atoms with Crippen LogP contribution in [0.2, 0.25) is 25.7 Å². The van der Waals surface area contributed by atoms with Crippen molar-refractivity contribution in [3.63, 3.8) is 0 Å². The summed E-state index contributed by atoms with van der Waals surface area (Å²) < 4.78 is 6.98. The number of benzene rings is 1. The van der Waals surface area contributed by atoms with Gasteiger partial charge in [-0.15, -0.1) is 0 Å². The zero-order chi connectivity index (χ0) is 17.0. The minimum atomic E-state index is -1.13. The van der Waals surface area contributed by atoms with Crippen molar-refractivity contribution in [2.75, 3.05) is 13.2 Å². The fraction of sp³-hybridized carbons (Fsp3) is 0.529. The minimum absolute atomic E-state index is 0.0243. The predicted octanol–water partition coefficient (Wildman–Crippen LogP) is 2.80. The molecule has 0 aliphatic carbocycles. The van der Waals surface area contributed by atoms with Gasteiger partial charge in [-0.2, -0.15) is 5.10 Å². The quantitative estimate of drug-likeness (QED) is 0.625. The van der Waals surface area contributed by atoms with Crippen molar-refractivity contribution in [1.82, 2.24) is 9.78 Å². The zero-order valence-corrected chi connectivity index (χ0v) is 15.4. The monoisotopic (exact) mass is 334 g/mol. The van der Waals surface area contributed by atoms with Crippen molar-refractivity contribution < 1.29 is 9.84 Å². The van der Waals surface area contributed by atoms with E-state index < -0.39 is 8.07 Å². The van der Waals surface area contributed by atoms with Gasteiger partial charge in [0.05, 0.1) is 11.6 Å². The van der Waals surface area contributed by atoms with E-state index in [1.165, 1.54) is 4.68 Å². The first-order valence-corrected chi connectivity index (χ1v) is 11.7. The van der Waals surface area contributed by atoms with Gasteiger partial charge in [-0.25, -0.2) is 4.68 Å². The third-order valence-electron chi connectivity index (χ3n) is 3.95. The van der Waals surface area contributed by atoms with Crippen molar-refractivity contribution >= 4 is 18.8 Å². The second kappa shape index (κ2) is 7.38. The molecule has 1 N–H and O–H groups in total. The summed E-state index contributed by atoms with van der Waals surface area (Å²) in [6.45, 7) is 9.69. The summed E-state index contributed by atoms with van der Waals surface area (Å²) in [4.78, 5) is 12.5. The molecule has 0 fully saturated rings. The van der Waals surface area contributed by atoms with Crippen LogP contribution >= 0.6 is 0 Å². The smallest absolute Gasteiger partial charge is 0.276 e. The van der Waals surface area contributed by atoms with Gasteiger partial charge in [0.15, 0.2) is 0 Å². The highest BCUT2D eigenvalue weighted by Gasteiger charge is 2.14. The lowest BCUT2D eigenvalue weighted by molar-refractivity contribution is 0.0754. The van der Waals surface area contributed by atoms with Gasteiger partial charge in [0, 0.05) is 32.6 Å². The molecule has 0 saturated heterocycles. The summed E-state index contributed by atoms with van der Waals surface area (Å²) in [5.41, 5.74) is 0.795. The van der Waals surface area contributed by atoms with Crippen LogP contribution in [0, 0.1) is 0 Å². The zero-order valence-electron chi connectivity index (χ0n) is 14.4. The SMILES string of the molecule is CC(CO)c1cccc2c(=O)n(COCC[Si](C)(C)C)ncc12. The van der Waals surface area contributed by atoms with Crippen LogP contribution in [-0.4, -0.2) is 36.2 Å². The maximum absolute atomic E-state index is 12.5. The van der Waals surface area contributed by atoms with E-state index in [9.17, 15) is 9.90 Å². The lowest BCUT2D eigenvalue weighted by Crippen LogP contribution is -2.26. The topological polar surface area (TPSA) is 64.3 Å². The highest BCUT2D eigenvalue weighted by Crippen LogP contribution is 2.22. The number of rotatable bonds is 7. The third kappa shape index (κ3) is 4.50. The molecular formula is C17H26N2O3Si. The molecule has 1 atom stereocenters. The second-order valence-corrected chi connectivity index (χ2v) is 12.8. The minimum Gasteiger partial charge on any atom is -0.396 e. The Balaban J connectivity index is 2.21. The molecule has 126 valence electrons. The first-order chi connectivity index (χ1) is 10.8. The Kier molecular flexibility index (Phi) is 5.72. The molecule has 23 heavy (non-hydrogen) atoms. The van der Waals surface area contributed by atoms with Gasteiger partial charge in [0.2, 0.25) is 0 Å². The van der Waals surface area contributed by atoms with E-state index in [1.54, 1.807) is 12.3 Å². The summed E-state index contributed by atoms with van der Waals surface area (Å²) in [5, 5.41) is 15.0. The summed E-state index contributed by atoms with van der Waals surface area (Å²) in [7, 11) is -1.13. The fourth-order valence-electron chi connectivity index (χ4n) is 2.38. The number of hydrogen-bond acceptors (Lipinski definition) is 4. The molecular weight excluding hydrogens is 308 g/mol. The molecule has 1 unspecified atom stereocenters. The van der Waals surface area contributed by atoms with Crippen LogP contribution in [0.5, 0.6) is 0 Å². The van der Waals surface area contributed by atoms with E-state index in [-0.39, 0.29) is 24.8 Å². The van der Waals surface area contributed by atoms with Gasteiger partial charge in [0.25, 0.3) is 5.56 Å². The standard InChI is InChI=1S/C17H26N2O3Si/c1-13(11-20)14-6-5-7-15-16(14)10-18-19(17(15)21)12-22-8-9-23(2,3)4/h5-7,10,13,20H,8-9,11-12H2,1-4H3. The molecule has 2 rings (SSSR count). The maximum atomic E-state index is 12.5. The first-order valence-electron chi connectivity index (χ1n) is 8.01. The second-order valence-electron chi connectivity index (χ2n) is 7.19. The molecule has 1 heterocycles. The van der Waals surface area contributed by atoms with E-state index in [4.69, 9.17) is 4.74 Å². The van der Waals surface area contributed by atoms with Crippen molar-refractivity contribution in [2.24, 2.45) is 0 Å². The van der Waals surface area contributed by atoms with Crippen LogP contribution in [-0.2, 0) is 11.5 Å². The van der Waals surface area contributed by atoms with Crippen molar-refractivity contribution in [3.05, 3.63) is 40.3 Å². The Labute approximate surface area is 137 Å². The van der Waals surface area contributed by atoms with Gasteiger partial charge >= 0.3 is 0 Å². The van der Waals surface area contributed by atoms with Crippen molar-refractivity contribution in [1.29, 1.82) is 0 Å². The molecule has 0 aliphatic rings. The number of hydrogen-bond donors (Lipinski definition) is 1. The van der Waals surface area contributed by atoms with Gasteiger partial charge in [-0.3, -0.25) is 4.79 Å². The number of fused-ring (bicyclic) bond motifs is 1.